The molecule has 1 aliphatic carbocycles. The number of nitrogens with one attached hydrogen (secondary N) is 2. The number of benzene rings is 1. The third-order valence-corrected chi connectivity index (χ3v) is 9.84. The van der Waals surface area contributed by atoms with Crippen LogP contribution >= 0.6 is 0 Å². The molecule has 6 heterocycles. The molecule has 7 nitrogen and oxygen atoms in total. The quantitative estimate of drug-likeness (QED) is 0.598. The van der Waals surface area contributed by atoms with E-state index in [1.54, 1.807) is 0 Å². The first kappa shape index (κ1) is 19.6. The fourth-order valence-corrected chi connectivity index (χ4v) is 8.24. The number of piperazine rings is 1. The molecule has 2 bridgehead atoms. The summed E-state index contributed by atoms with van der Waals surface area (Å²) in [5, 5.41) is 6.36. The van der Waals surface area contributed by atoms with Gasteiger partial charge >= 0.3 is 0 Å². The Morgan fingerprint density at radius 3 is 2.67 bits per heavy atom. The standard InChI is InChI=1S/C26H29N3O4/c1-22(2)10-8-14-16(33-22)7-6-15-18(14)27-20(31)25(15)13-26-17(23(25,3)4)12-24(19(30)28-26)9-5-11-29(24)21(26)32/h6-8,10,17H,5,9,11-13H2,1-4H3,(H,27,31)(H,28,30)/t17-,24-,25+,26-/m1/s1/i19+1. The van der Waals surface area contributed by atoms with E-state index in [0.29, 0.717) is 25.8 Å². The molecule has 1 aromatic rings. The summed E-state index contributed by atoms with van der Waals surface area (Å²) in [6.45, 7) is 8.86. The Labute approximate surface area is 192 Å². The predicted molar refractivity (Wildman–Crippen MR) is 122 cm³/mol. The van der Waals surface area contributed by atoms with Crippen LogP contribution in [0.4, 0.5) is 5.69 Å². The molecule has 1 aromatic carbocycles. The first-order valence-electron chi connectivity index (χ1n) is 12.0. The van der Waals surface area contributed by atoms with E-state index >= 15 is 0 Å². The Bertz CT molecular complexity index is 1230. The van der Waals surface area contributed by atoms with Crippen molar-refractivity contribution in [1.82, 2.24) is 10.2 Å². The Morgan fingerprint density at radius 2 is 1.88 bits per heavy atom. The van der Waals surface area contributed by atoms with Crippen LogP contribution in [-0.2, 0) is 19.8 Å². The van der Waals surface area contributed by atoms with Crippen molar-refractivity contribution in [1.29, 1.82) is 0 Å². The molecule has 6 aliphatic heterocycles. The van der Waals surface area contributed by atoms with Crippen molar-refractivity contribution in [2.75, 3.05) is 11.9 Å². The van der Waals surface area contributed by atoms with Gasteiger partial charge in [0.2, 0.25) is 17.7 Å². The lowest BCUT2D eigenvalue weighted by molar-refractivity contribution is -0.175. The number of hydrogen-bond acceptors (Lipinski definition) is 4. The number of rotatable bonds is 0. The van der Waals surface area contributed by atoms with Crippen LogP contribution in [0.25, 0.3) is 6.08 Å². The number of hydrogen-bond donors (Lipinski definition) is 2. The van der Waals surface area contributed by atoms with Gasteiger partial charge in [0.1, 0.15) is 22.4 Å². The fraction of sp³-hybridized carbons (Fsp3) is 0.577. The van der Waals surface area contributed by atoms with Gasteiger partial charge in [-0.2, -0.15) is 0 Å². The van der Waals surface area contributed by atoms with E-state index in [1.165, 1.54) is 0 Å². The SMILES string of the molecule is CC1(C)C=Cc2c(ccc3c2NC(=O)[C@]32C[C@]34N[13C](=O)[C@@]5(CCCN5C3=O)C[C@@H]4C2(C)C)O1. The molecule has 1 saturated carbocycles. The van der Waals surface area contributed by atoms with Crippen LogP contribution in [-0.4, -0.2) is 45.8 Å². The summed E-state index contributed by atoms with van der Waals surface area (Å²) in [6.07, 6.45) is 6.51. The van der Waals surface area contributed by atoms with Gasteiger partial charge in [-0.1, -0.05) is 19.9 Å². The zero-order valence-electron chi connectivity index (χ0n) is 19.5. The summed E-state index contributed by atoms with van der Waals surface area (Å²) in [6, 6.07) is 3.95. The number of amides is 3. The molecule has 0 aromatic heterocycles. The molecule has 7 heteroatoms. The monoisotopic (exact) mass is 448 g/mol. The highest BCUT2D eigenvalue weighted by Gasteiger charge is 2.80. The molecule has 0 radical (unpaired) electrons. The summed E-state index contributed by atoms with van der Waals surface area (Å²) in [4.78, 5) is 43.0. The topological polar surface area (TPSA) is 87.7 Å². The molecule has 3 amide bonds. The summed E-state index contributed by atoms with van der Waals surface area (Å²) in [5.41, 5.74) is -1.06. The zero-order valence-corrected chi connectivity index (χ0v) is 19.5. The minimum Gasteiger partial charge on any atom is -0.483 e. The van der Waals surface area contributed by atoms with Gasteiger partial charge in [0.15, 0.2) is 0 Å². The van der Waals surface area contributed by atoms with Crippen LogP contribution in [0.3, 0.4) is 0 Å². The lowest BCUT2D eigenvalue weighted by atomic mass is 9.58. The maximum Gasteiger partial charge on any atom is 0.249 e. The Kier molecular flexibility index (Phi) is 3.14. The molecule has 4 saturated heterocycles. The second kappa shape index (κ2) is 5.29. The van der Waals surface area contributed by atoms with Crippen molar-refractivity contribution in [3.8, 4) is 5.75 Å². The number of ether oxygens (including phenoxy) is 1. The average Bonchev–Trinajstić information content (AvgIpc) is 3.35. The third kappa shape index (κ3) is 1.87. The molecule has 2 N–H and O–H groups in total. The molecule has 3 spiro atoms. The number of piperidine rings is 2. The summed E-state index contributed by atoms with van der Waals surface area (Å²) < 4.78 is 6.15. The molecule has 5 fully saturated rings. The molecular formula is C26H29N3O4. The molecule has 4 atom stereocenters. The highest BCUT2D eigenvalue weighted by atomic mass is 16.5. The maximum atomic E-state index is 13.9. The molecule has 0 unspecified atom stereocenters. The van der Waals surface area contributed by atoms with Crippen molar-refractivity contribution < 1.29 is 19.1 Å². The van der Waals surface area contributed by atoms with Crippen molar-refractivity contribution in [3.05, 3.63) is 29.3 Å². The van der Waals surface area contributed by atoms with Gasteiger partial charge in [0.25, 0.3) is 0 Å². The lowest BCUT2D eigenvalue weighted by Gasteiger charge is -2.59. The normalized spacial score (nSPS) is 40.2. The molecule has 172 valence electrons. The summed E-state index contributed by atoms with van der Waals surface area (Å²) in [5.74, 6) is 0.523. The van der Waals surface area contributed by atoms with Gasteiger partial charge < -0.3 is 20.3 Å². The largest absolute Gasteiger partial charge is 0.483 e. The fourth-order valence-electron chi connectivity index (χ4n) is 8.24. The lowest BCUT2D eigenvalue weighted by Crippen LogP contribution is -2.81. The first-order valence-corrected chi connectivity index (χ1v) is 12.0. The van der Waals surface area contributed by atoms with Crippen molar-refractivity contribution in [2.24, 2.45) is 11.3 Å². The van der Waals surface area contributed by atoms with E-state index in [2.05, 4.69) is 24.5 Å². The van der Waals surface area contributed by atoms with Crippen LogP contribution in [0.5, 0.6) is 5.75 Å². The second-order valence-corrected chi connectivity index (χ2v) is 12.0. The minimum absolute atomic E-state index is 0.00462. The number of fused-ring (bicyclic) bond motifs is 5. The van der Waals surface area contributed by atoms with Crippen LogP contribution < -0.4 is 15.4 Å². The van der Waals surface area contributed by atoms with Gasteiger partial charge in [-0.3, -0.25) is 14.4 Å². The highest BCUT2D eigenvalue weighted by molar-refractivity contribution is 6.12. The Morgan fingerprint density at radius 1 is 1.09 bits per heavy atom. The van der Waals surface area contributed by atoms with Crippen molar-refractivity contribution >= 4 is 29.5 Å². The summed E-state index contributed by atoms with van der Waals surface area (Å²) >= 11 is 0. The van der Waals surface area contributed by atoms with E-state index in [0.717, 1.165) is 29.0 Å². The van der Waals surface area contributed by atoms with Gasteiger partial charge in [0, 0.05) is 18.0 Å². The Balaban J connectivity index is 1.43. The molecule has 33 heavy (non-hydrogen) atoms. The molecular weight excluding hydrogens is 419 g/mol. The van der Waals surface area contributed by atoms with Crippen molar-refractivity contribution in [2.45, 2.75) is 75.5 Å². The molecule has 7 aliphatic rings. The highest BCUT2D eigenvalue weighted by Crippen LogP contribution is 2.70. The summed E-state index contributed by atoms with van der Waals surface area (Å²) in [7, 11) is 0. The predicted octanol–water partition coefficient (Wildman–Crippen LogP) is 2.74. The average molecular weight is 449 g/mol. The molecule has 8 rings (SSSR count). The van der Waals surface area contributed by atoms with Gasteiger partial charge in [-0.25, -0.2) is 0 Å². The van der Waals surface area contributed by atoms with E-state index in [9.17, 15) is 14.4 Å². The Hall–Kier alpha value is -2.83. The smallest absolute Gasteiger partial charge is 0.249 e. The van der Waals surface area contributed by atoms with Gasteiger partial charge in [-0.15, -0.1) is 0 Å². The second-order valence-electron chi connectivity index (χ2n) is 12.0. The van der Waals surface area contributed by atoms with Crippen LogP contribution in [0.2, 0.25) is 0 Å². The van der Waals surface area contributed by atoms with Crippen LogP contribution in [0, 0.1) is 11.3 Å². The number of anilines is 1. The van der Waals surface area contributed by atoms with E-state index in [1.807, 2.05) is 43.0 Å². The number of carbonyl (C=O) groups is 3. The maximum absolute atomic E-state index is 13.9. The van der Waals surface area contributed by atoms with Crippen molar-refractivity contribution in [3.63, 3.8) is 0 Å². The zero-order chi connectivity index (χ0) is 23.2. The van der Waals surface area contributed by atoms with Gasteiger partial charge in [-0.05, 0) is 68.7 Å². The number of carbonyl (C=O) groups excluding carboxylic acids is 3. The minimum atomic E-state index is -1.03. The first-order chi connectivity index (χ1) is 15.5. The van der Waals surface area contributed by atoms with Crippen LogP contribution in [0.1, 0.15) is 64.5 Å². The third-order valence-electron chi connectivity index (χ3n) is 9.84. The van der Waals surface area contributed by atoms with Crippen LogP contribution in [0.15, 0.2) is 18.2 Å². The van der Waals surface area contributed by atoms with E-state index < -0.39 is 27.5 Å². The van der Waals surface area contributed by atoms with E-state index in [-0.39, 0.29) is 23.6 Å². The van der Waals surface area contributed by atoms with E-state index in [4.69, 9.17) is 4.74 Å². The number of nitrogens with zero attached hydrogens (tertiary/aromatic N) is 1. The van der Waals surface area contributed by atoms with Gasteiger partial charge in [0.05, 0.1) is 11.1 Å².